The molecule has 0 aliphatic carbocycles. The maximum absolute atomic E-state index is 11.6. The van der Waals surface area contributed by atoms with Crippen molar-refractivity contribution in [3.05, 3.63) is 66.0 Å². The van der Waals surface area contributed by atoms with Crippen LogP contribution in [-0.4, -0.2) is 35.7 Å². The Bertz CT molecular complexity index is 843. The van der Waals surface area contributed by atoms with Gasteiger partial charge in [-0.1, -0.05) is 42.5 Å². The molecule has 1 aromatic heterocycles. The fraction of sp³-hybridized carbons (Fsp3) is 0.300. The summed E-state index contributed by atoms with van der Waals surface area (Å²) < 4.78 is 7.10. The molecule has 5 heteroatoms. The van der Waals surface area contributed by atoms with Gasteiger partial charge < -0.3 is 14.6 Å². The monoisotopic (exact) mass is 337 g/mol. The zero-order valence-corrected chi connectivity index (χ0v) is 14.6. The molecule has 1 N–H and O–H groups in total. The first-order valence-electron chi connectivity index (χ1n) is 8.47. The van der Waals surface area contributed by atoms with Crippen LogP contribution in [-0.2, 0) is 16.0 Å². The standard InChI is InChI=1S/C20H23N3O2/c1-15(16-8-4-3-5-9-16)23-18-11-7-6-10-17(18)22-19(23)12-13-21-20(24)14-25-2/h3-11,15H,12-14H2,1-2H3,(H,21,24). The van der Waals surface area contributed by atoms with Gasteiger partial charge in [-0.2, -0.15) is 0 Å². The number of nitrogens with zero attached hydrogens (tertiary/aromatic N) is 2. The van der Waals surface area contributed by atoms with E-state index in [2.05, 4.69) is 47.1 Å². The average molecular weight is 337 g/mol. The number of benzene rings is 2. The molecule has 1 heterocycles. The Kier molecular flexibility index (Phi) is 5.46. The van der Waals surface area contributed by atoms with E-state index in [1.165, 1.54) is 12.7 Å². The predicted molar refractivity (Wildman–Crippen MR) is 98.6 cm³/mol. The SMILES string of the molecule is COCC(=O)NCCc1nc2ccccc2n1C(C)c1ccccc1. The van der Waals surface area contributed by atoms with E-state index in [0.29, 0.717) is 13.0 Å². The highest BCUT2D eigenvalue weighted by atomic mass is 16.5. The van der Waals surface area contributed by atoms with Crippen molar-refractivity contribution in [3.8, 4) is 0 Å². The van der Waals surface area contributed by atoms with Crippen molar-refractivity contribution in [1.82, 2.24) is 14.9 Å². The van der Waals surface area contributed by atoms with Gasteiger partial charge in [0.05, 0.1) is 17.1 Å². The van der Waals surface area contributed by atoms with E-state index in [-0.39, 0.29) is 18.6 Å². The van der Waals surface area contributed by atoms with Crippen molar-refractivity contribution in [1.29, 1.82) is 0 Å². The average Bonchev–Trinajstić information content (AvgIpc) is 3.00. The van der Waals surface area contributed by atoms with Gasteiger partial charge in [-0.3, -0.25) is 4.79 Å². The van der Waals surface area contributed by atoms with Gasteiger partial charge in [0.1, 0.15) is 12.4 Å². The normalized spacial score (nSPS) is 12.2. The maximum Gasteiger partial charge on any atom is 0.245 e. The third-order valence-corrected chi connectivity index (χ3v) is 4.28. The lowest BCUT2D eigenvalue weighted by atomic mass is 10.1. The van der Waals surface area contributed by atoms with Crippen LogP contribution >= 0.6 is 0 Å². The molecule has 0 radical (unpaired) electrons. The third-order valence-electron chi connectivity index (χ3n) is 4.28. The van der Waals surface area contributed by atoms with E-state index in [1.807, 2.05) is 24.3 Å². The Labute approximate surface area is 147 Å². The number of hydrogen-bond acceptors (Lipinski definition) is 3. The first kappa shape index (κ1) is 17.2. The molecule has 1 amide bonds. The van der Waals surface area contributed by atoms with Crippen LogP contribution in [0.4, 0.5) is 0 Å². The summed E-state index contributed by atoms with van der Waals surface area (Å²) in [4.78, 5) is 16.4. The Balaban J connectivity index is 1.88. The van der Waals surface area contributed by atoms with Crippen LogP contribution in [0.1, 0.15) is 24.4 Å². The molecule has 0 spiro atoms. The van der Waals surface area contributed by atoms with Gasteiger partial charge in [0.2, 0.25) is 5.91 Å². The summed E-state index contributed by atoms with van der Waals surface area (Å²) in [5.74, 6) is 0.858. The highest BCUT2D eigenvalue weighted by molar-refractivity contribution is 5.77. The van der Waals surface area contributed by atoms with Crippen LogP contribution in [0.25, 0.3) is 11.0 Å². The van der Waals surface area contributed by atoms with Crippen molar-refractivity contribution in [2.75, 3.05) is 20.3 Å². The zero-order chi connectivity index (χ0) is 17.6. The van der Waals surface area contributed by atoms with Crippen molar-refractivity contribution in [2.24, 2.45) is 0 Å². The molecule has 3 aromatic rings. The Morgan fingerprint density at radius 2 is 1.88 bits per heavy atom. The number of methoxy groups -OCH3 is 1. The van der Waals surface area contributed by atoms with Gasteiger partial charge in [-0.25, -0.2) is 4.98 Å². The quantitative estimate of drug-likeness (QED) is 0.721. The smallest absolute Gasteiger partial charge is 0.245 e. The molecule has 0 saturated heterocycles. The van der Waals surface area contributed by atoms with E-state index in [4.69, 9.17) is 9.72 Å². The number of imidazole rings is 1. The van der Waals surface area contributed by atoms with Crippen LogP contribution in [0.2, 0.25) is 0 Å². The fourth-order valence-electron chi connectivity index (χ4n) is 3.08. The number of amides is 1. The third kappa shape index (κ3) is 3.88. The van der Waals surface area contributed by atoms with Crippen molar-refractivity contribution < 1.29 is 9.53 Å². The van der Waals surface area contributed by atoms with Crippen LogP contribution in [0.15, 0.2) is 54.6 Å². The molecule has 3 rings (SSSR count). The molecule has 5 nitrogen and oxygen atoms in total. The number of ether oxygens (including phenoxy) is 1. The summed E-state index contributed by atoms with van der Waals surface area (Å²) in [6.07, 6.45) is 0.668. The van der Waals surface area contributed by atoms with Gasteiger partial charge in [0.25, 0.3) is 0 Å². The number of fused-ring (bicyclic) bond motifs is 1. The van der Waals surface area contributed by atoms with E-state index in [0.717, 1.165) is 16.9 Å². The maximum atomic E-state index is 11.6. The fourth-order valence-corrected chi connectivity index (χ4v) is 3.08. The largest absolute Gasteiger partial charge is 0.375 e. The molecule has 0 bridgehead atoms. The molecular weight excluding hydrogens is 314 g/mol. The number of para-hydroxylation sites is 2. The predicted octanol–water partition coefficient (Wildman–Crippen LogP) is 2.95. The van der Waals surface area contributed by atoms with Gasteiger partial charge in [0.15, 0.2) is 0 Å². The van der Waals surface area contributed by atoms with Crippen molar-refractivity contribution in [3.63, 3.8) is 0 Å². The summed E-state index contributed by atoms with van der Waals surface area (Å²) in [6.45, 7) is 2.79. The Morgan fingerprint density at radius 1 is 1.16 bits per heavy atom. The molecule has 1 atom stereocenters. The minimum atomic E-state index is -0.110. The van der Waals surface area contributed by atoms with Gasteiger partial charge in [-0.05, 0) is 24.6 Å². The summed E-state index contributed by atoms with van der Waals surface area (Å²) in [5, 5.41) is 2.87. The van der Waals surface area contributed by atoms with Gasteiger partial charge >= 0.3 is 0 Å². The van der Waals surface area contributed by atoms with Crippen LogP contribution in [0, 0.1) is 0 Å². The summed E-state index contributed by atoms with van der Waals surface area (Å²) in [7, 11) is 1.51. The zero-order valence-electron chi connectivity index (χ0n) is 14.6. The molecule has 130 valence electrons. The van der Waals surface area contributed by atoms with Gasteiger partial charge in [-0.15, -0.1) is 0 Å². The van der Waals surface area contributed by atoms with E-state index >= 15 is 0 Å². The first-order chi connectivity index (χ1) is 12.2. The molecule has 25 heavy (non-hydrogen) atoms. The first-order valence-corrected chi connectivity index (χ1v) is 8.47. The second-order valence-corrected chi connectivity index (χ2v) is 6.01. The molecule has 0 fully saturated rings. The molecule has 0 saturated carbocycles. The highest BCUT2D eigenvalue weighted by Gasteiger charge is 2.17. The minimum absolute atomic E-state index is 0.0802. The lowest BCUT2D eigenvalue weighted by molar-refractivity contribution is -0.124. The van der Waals surface area contributed by atoms with E-state index < -0.39 is 0 Å². The summed E-state index contributed by atoms with van der Waals surface area (Å²) in [6, 6.07) is 18.7. The van der Waals surface area contributed by atoms with Crippen LogP contribution < -0.4 is 5.32 Å². The molecule has 0 aliphatic rings. The minimum Gasteiger partial charge on any atom is -0.375 e. The Hall–Kier alpha value is -2.66. The number of hydrogen-bond donors (Lipinski definition) is 1. The lowest BCUT2D eigenvalue weighted by Crippen LogP contribution is -2.29. The van der Waals surface area contributed by atoms with Crippen molar-refractivity contribution >= 4 is 16.9 Å². The number of carbonyl (C=O) groups excluding carboxylic acids is 1. The number of nitrogens with one attached hydrogen (secondary N) is 1. The molecule has 0 aliphatic heterocycles. The molecule has 1 unspecified atom stereocenters. The lowest BCUT2D eigenvalue weighted by Gasteiger charge is -2.18. The van der Waals surface area contributed by atoms with E-state index in [9.17, 15) is 4.79 Å². The van der Waals surface area contributed by atoms with Gasteiger partial charge in [0, 0.05) is 20.1 Å². The number of aromatic nitrogens is 2. The van der Waals surface area contributed by atoms with Crippen LogP contribution in [0.5, 0.6) is 0 Å². The number of rotatable bonds is 7. The topological polar surface area (TPSA) is 56.1 Å². The Morgan fingerprint density at radius 3 is 2.64 bits per heavy atom. The highest BCUT2D eigenvalue weighted by Crippen LogP contribution is 2.26. The second kappa shape index (κ2) is 7.94. The second-order valence-electron chi connectivity index (χ2n) is 6.01. The summed E-state index contributed by atoms with van der Waals surface area (Å²) >= 11 is 0. The van der Waals surface area contributed by atoms with E-state index in [1.54, 1.807) is 0 Å². The summed E-state index contributed by atoms with van der Waals surface area (Å²) in [5.41, 5.74) is 3.32. The van der Waals surface area contributed by atoms with Crippen molar-refractivity contribution in [2.45, 2.75) is 19.4 Å². The number of carbonyl (C=O) groups is 1. The van der Waals surface area contributed by atoms with Crippen LogP contribution in [0.3, 0.4) is 0 Å². The molecule has 2 aromatic carbocycles. The molecular formula is C20H23N3O2.